The lowest BCUT2D eigenvalue weighted by Crippen LogP contribution is -2.08. The summed E-state index contributed by atoms with van der Waals surface area (Å²) in [7, 11) is 0. The molecule has 0 aliphatic heterocycles. The second-order valence-corrected chi connectivity index (χ2v) is 8.93. The molecule has 0 saturated carbocycles. The lowest BCUT2D eigenvalue weighted by atomic mass is 9.95. The summed E-state index contributed by atoms with van der Waals surface area (Å²) in [6.07, 6.45) is 3.59. The summed E-state index contributed by atoms with van der Waals surface area (Å²) in [6, 6.07) is 6.12. The molecule has 0 radical (unpaired) electrons. The Kier molecular flexibility index (Phi) is 5.60. The van der Waals surface area contributed by atoms with Crippen LogP contribution in [0.3, 0.4) is 0 Å². The van der Waals surface area contributed by atoms with Crippen molar-refractivity contribution in [3.05, 3.63) is 52.6 Å². The molecule has 0 aliphatic rings. The Morgan fingerprint density at radius 2 is 1.58 bits per heavy atom. The molecule has 1 unspecified atom stereocenters. The van der Waals surface area contributed by atoms with Crippen molar-refractivity contribution in [1.82, 2.24) is 24.0 Å². The van der Waals surface area contributed by atoms with Gasteiger partial charge in [0, 0.05) is 17.3 Å². The molecule has 6 nitrogen and oxygen atoms in total. The Hall–Kier alpha value is -2.73. The maximum absolute atomic E-state index is 10.8. The molecule has 0 spiro atoms. The number of aromatic nitrogens is 5. The van der Waals surface area contributed by atoms with Crippen LogP contribution in [0.15, 0.2) is 24.4 Å². The van der Waals surface area contributed by atoms with Crippen molar-refractivity contribution >= 4 is 11.3 Å². The second-order valence-electron chi connectivity index (χ2n) is 8.93. The summed E-state index contributed by atoms with van der Waals surface area (Å²) in [4.78, 5) is 9.84. The Bertz CT molecular complexity index is 1250. The van der Waals surface area contributed by atoms with E-state index in [4.69, 9.17) is 15.1 Å². The lowest BCUT2D eigenvalue weighted by Gasteiger charge is -2.16. The van der Waals surface area contributed by atoms with Crippen LogP contribution in [0.5, 0.6) is 0 Å². The van der Waals surface area contributed by atoms with Gasteiger partial charge in [-0.3, -0.25) is 4.40 Å². The number of aryl methyl sites for hydroxylation is 3. The van der Waals surface area contributed by atoms with Gasteiger partial charge in [-0.15, -0.1) is 0 Å². The summed E-state index contributed by atoms with van der Waals surface area (Å²) in [5.41, 5.74) is 8.59. The SMILES string of the molecule is CCC(CC)c1cc(C)nn2c(-c3c(C)nc4c(C(O)C(C)C)cccn34)c(C)nc12. The number of pyridine rings is 1. The molecule has 0 aliphatic carbocycles. The van der Waals surface area contributed by atoms with Crippen LogP contribution in [-0.4, -0.2) is 29.1 Å². The molecule has 4 rings (SSSR count). The first-order chi connectivity index (χ1) is 14.8. The molecule has 0 aromatic carbocycles. The van der Waals surface area contributed by atoms with Crippen molar-refractivity contribution in [2.24, 2.45) is 5.92 Å². The molecule has 4 heterocycles. The topological polar surface area (TPSA) is 67.7 Å². The average Bonchev–Trinajstić information content (AvgIpc) is 3.23. The molecule has 1 atom stereocenters. The molecular formula is C25H33N5O. The number of imidazole rings is 2. The first-order valence-electron chi connectivity index (χ1n) is 11.3. The van der Waals surface area contributed by atoms with Crippen LogP contribution in [0.4, 0.5) is 0 Å². The summed E-state index contributed by atoms with van der Waals surface area (Å²) in [6.45, 7) is 14.6. The van der Waals surface area contributed by atoms with Gasteiger partial charge < -0.3 is 5.11 Å². The fourth-order valence-electron chi connectivity index (χ4n) is 4.66. The molecular weight excluding hydrogens is 386 g/mol. The van der Waals surface area contributed by atoms with Gasteiger partial charge in [0.1, 0.15) is 11.3 Å². The molecule has 1 N–H and O–H groups in total. The zero-order valence-corrected chi connectivity index (χ0v) is 19.6. The van der Waals surface area contributed by atoms with E-state index in [-0.39, 0.29) is 5.92 Å². The van der Waals surface area contributed by atoms with Crippen LogP contribution in [0, 0.1) is 26.7 Å². The van der Waals surface area contributed by atoms with E-state index < -0.39 is 6.10 Å². The Morgan fingerprint density at radius 3 is 2.23 bits per heavy atom. The van der Waals surface area contributed by atoms with E-state index in [1.807, 2.05) is 57.5 Å². The first kappa shape index (κ1) is 21.5. The zero-order valence-electron chi connectivity index (χ0n) is 19.6. The average molecular weight is 420 g/mol. The van der Waals surface area contributed by atoms with Crippen LogP contribution in [0.1, 0.15) is 80.8 Å². The summed E-state index contributed by atoms with van der Waals surface area (Å²) in [5, 5.41) is 15.6. The van der Waals surface area contributed by atoms with Gasteiger partial charge in [0.05, 0.1) is 28.9 Å². The minimum Gasteiger partial charge on any atom is -0.388 e. The molecule has 164 valence electrons. The van der Waals surface area contributed by atoms with Crippen LogP contribution in [-0.2, 0) is 0 Å². The van der Waals surface area contributed by atoms with Gasteiger partial charge in [-0.2, -0.15) is 5.10 Å². The fourth-order valence-corrected chi connectivity index (χ4v) is 4.66. The predicted octanol–water partition coefficient (Wildman–Crippen LogP) is 5.56. The maximum atomic E-state index is 10.8. The van der Waals surface area contributed by atoms with Crippen molar-refractivity contribution in [1.29, 1.82) is 0 Å². The van der Waals surface area contributed by atoms with Crippen LogP contribution < -0.4 is 0 Å². The van der Waals surface area contributed by atoms with Crippen molar-refractivity contribution in [2.75, 3.05) is 0 Å². The molecule has 0 bridgehead atoms. The Morgan fingerprint density at radius 1 is 0.935 bits per heavy atom. The largest absolute Gasteiger partial charge is 0.388 e. The molecule has 4 aromatic rings. The van der Waals surface area contributed by atoms with Crippen molar-refractivity contribution in [2.45, 2.75) is 73.3 Å². The van der Waals surface area contributed by atoms with Crippen molar-refractivity contribution in [3.8, 4) is 11.4 Å². The van der Waals surface area contributed by atoms with Gasteiger partial charge in [0.15, 0.2) is 5.65 Å². The van der Waals surface area contributed by atoms with Crippen molar-refractivity contribution in [3.63, 3.8) is 0 Å². The molecule has 0 amide bonds. The number of hydrogen-bond donors (Lipinski definition) is 1. The monoisotopic (exact) mass is 419 g/mol. The number of nitrogens with zero attached hydrogens (tertiary/aromatic N) is 5. The minimum absolute atomic E-state index is 0.107. The number of fused-ring (bicyclic) bond motifs is 2. The molecule has 4 aromatic heterocycles. The third kappa shape index (κ3) is 3.43. The zero-order chi connectivity index (χ0) is 22.4. The van der Waals surface area contributed by atoms with Gasteiger partial charge in [0.25, 0.3) is 0 Å². The summed E-state index contributed by atoms with van der Waals surface area (Å²) < 4.78 is 4.08. The van der Waals surface area contributed by atoms with Gasteiger partial charge in [-0.1, -0.05) is 33.8 Å². The lowest BCUT2D eigenvalue weighted by molar-refractivity contribution is 0.128. The van der Waals surface area contributed by atoms with Crippen molar-refractivity contribution < 1.29 is 5.11 Å². The highest BCUT2D eigenvalue weighted by Gasteiger charge is 2.25. The fraction of sp³-hybridized carbons (Fsp3) is 0.480. The number of aliphatic hydroxyl groups excluding tert-OH is 1. The van der Waals surface area contributed by atoms with E-state index in [0.29, 0.717) is 5.92 Å². The highest BCUT2D eigenvalue weighted by Crippen LogP contribution is 2.34. The molecule has 31 heavy (non-hydrogen) atoms. The van der Waals surface area contributed by atoms with Crippen LogP contribution in [0.2, 0.25) is 0 Å². The quantitative estimate of drug-likeness (QED) is 0.444. The Labute approximate surface area is 184 Å². The van der Waals surface area contributed by atoms with E-state index in [1.165, 1.54) is 5.56 Å². The summed E-state index contributed by atoms with van der Waals surface area (Å²) >= 11 is 0. The number of hydrogen-bond acceptors (Lipinski definition) is 4. The minimum atomic E-state index is -0.566. The van der Waals surface area contributed by atoms with Gasteiger partial charge >= 0.3 is 0 Å². The van der Waals surface area contributed by atoms with Gasteiger partial charge in [-0.05, 0) is 57.6 Å². The van der Waals surface area contributed by atoms with E-state index >= 15 is 0 Å². The van der Waals surface area contributed by atoms with Gasteiger partial charge in [0.2, 0.25) is 0 Å². The van der Waals surface area contributed by atoms with E-state index in [9.17, 15) is 5.11 Å². The third-order valence-corrected chi connectivity index (χ3v) is 6.36. The molecule has 0 fully saturated rings. The number of rotatable bonds is 6. The van der Waals surface area contributed by atoms with E-state index in [0.717, 1.165) is 58.2 Å². The highest BCUT2D eigenvalue weighted by atomic mass is 16.3. The normalized spacial score (nSPS) is 13.2. The summed E-state index contributed by atoms with van der Waals surface area (Å²) in [5.74, 6) is 0.561. The standard InChI is InChI=1S/C25H33N5O/c1-8-18(9-2)20-13-15(5)28-30-22(17(7)27-25(20)30)21-16(6)26-24-19(23(31)14(3)4)11-10-12-29(21)24/h10-14,18,23,31H,8-9H2,1-7H3. The predicted molar refractivity (Wildman–Crippen MR) is 125 cm³/mol. The smallest absolute Gasteiger partial charge is 0.158 e. The Balaban J connectivity index is 2.03. The molecule has 0 saturated heterocycles. The highest BCUT2D eigenvalue weighted by molar-refractivity contribution is 5.71. The van der Waals surface area contributed by atoms with E-state index in [2.05, 4.69) is 24.3 Å². The van der Waals surface area contributed by atoms with Crippen LogP contribution in [0.25, 0.3) is 22.7 Å². The second kappa shape index (κ2) is 8.08. The third-order valence-electron chi connectivity index (χ3n) is 6.36. The van der Waals surface area contributed by atoms with E-state index in [1.54, 1.807) is 0 Å². The number of aliphatic hydroxyl groups is 1. The maximum Gasteiger partial charge on any atom is 0.158 e. The van der Waals surface area contributed by atoms with Gasteiger partial charge in [-0.25, -0.2) is 14.5 Å². The molecule has 6 heteroatoms. The first-order valence-corrected chi connectivity index (χ1v) is 11.3. The van der Waals surface area contributed by atoms with Crippen LogP contribution >= 0.6 is 0 Å².